The van der Waals surface area contributed by atoms with Crippen LogP contribution >= 0.6 is 0 Å². The van der Waals surface area contributed by atoms with Crippen molar-refractivity contribution < 1.29 is 13.2 Å². The second-order valence-corrected chi connectivity index (χ2v) is 7.67. The van der Waals surface area contributed by atoms with Gasteiger partial charge in [0.2, 0.25) is 5.91 Å². The van der Waals surface area contributed by atoms with Gasteiger partial charge in [-0.2, -0.15) is 0 Å². The summed E-state index contributed by atoms with van der Waals surface area (Å²) < 4.78 is 23.4. The van der Waals surface area contributed by atoms with Crippen LogP contribution < -0.4 is 11.1 Å². The molecule has 1 aromatic carbocycles. The van der Waals surface area contributed by atoms with Crippen LogP contribution in [0.1, 0.15) is 35.7 Å². The molecule has 2 rings (SSSR count). The number of rotatable bonds is 3. The minimum atomic E-state index is -3.30. The highest BCUT2D eigenvalue weighted by atomic mass is 32.2. The molecule has 0 radical (unpaired) electrons. The number of amides is 1. The van der Waals surface area contributed by atoms with Crippen LogP contribution in [0, 0.1) is 0 Å². The molecule has 0 atom stereocenters. The molecule has 1 saturated heterocycles. The molecule has 1 fully saturated rings. The van der Waals surface area contributed by atoms with Crippen molar-refractivity contribution in [3.05, 3.63) is 29.3 Å². The van der Waals surface area contributed by atoms with E-state index in [-0.39, 0.29) is 10.3 Å². The predicted molar refractivity (Wildman–Crippen MR) is 77.5 cm³/mol. The molecule has 1 heterocycles. The van der Waals surface area contributed by atoms with Crippen molar-refractivity contribution in [2.45, 2.75) is 30.1 Å². The summed E-state index contributed by atoms with van der Waals surface area (Å²) in [6, 6.07) is 4.59. The SMILES string of the molecule is CC1(c2cc(S(C)(=O)=O)ccc2C(N)=O)CCNCC1. The lowest BCUT2D eigenvalue weighted by atomic mass is 9.73. The molecular formula is C14H20N2O3S. The van der Waals surface area contributed by atoms with Gasteiger partial charge in [-0.15, -0.1) is 0 Å². The molecule has 0 saturated carbocycles. The molecular weight excluding hydrogens is 276 g/mol. The number of sulfone groups is 1. The van der Waals surface area contributed by atoms with E-state index in [1.54, 1.807) is 6.07 Å². The Hall–Kier alpha value is -1.40. The third-order valence-corrected chi connectivity index (χ3v) is 5.15. The van der Waals surface area contributed by atoms with Crippen molar-refractivity contribution in [3.8, 4) is 0 Å². The second kappa shape index (κ2) is 5.18. The first-order valence-electron chi connectivity index (χ1n) is 6.59. The van der Waals surface area contributed by atoms with Crippen molar-refractivity contribution in [3.63, 3.8) is 0 Å². The highest BCUT2D eigenvalue weighted by Crippen LogP contribution is 2.36. The zero-order valence-corrected chi connectivity index (χ0v) is 12.6. The summed E-state index contributed by atoms with van der Waals surface area (Å²) in [5, 5.41) is 3.27. The van der Waals surface area contributed by atoms with Crippen molar-refractivity contribution in [2.75, 3.05) is 19.3 Å². The minimum absolute atomic E-state index is 0.226. The van der Waals surface area contributed by atoms with Gasteiger partial charge in [0.1, 0.15) is 0 Å². The molecule has 0 aromatic heterocycles. The molecule has 0 spiro atoms. The summed E-state index contributed by atoms with van der Waals surface area (Å²) in [4.78, 5) is 11.9. The molecule has 1 aliphatic heterocycles. The Labute approximate surface area is 119 Å². The van der Waals surface area contributed by atoms with E-state index in [2.05, 4.69) is 12.2 Å². The van der Waals surface area contributed by atoms with Crippen LogP contribution in [-0.2, 0) is 15.3 Å². The molecule has 20 heavy (non-hydrogen) atoms. The molecule has 0 bridgehead atoms. The average molecular weight is 296 g/mol. The van der Waals surface area contributed by atoms with E-state index in [9.17, 15) is 13.2 Å². The average Bonchev–Trinajstić information content (AvgIpc) is 2.38. The van der Waals surface area contributed by atoms with Gasteiger partial charge in [0.25, 0.3) is 0 Å². The Morgan fingerprint density at radius 2 is 1.90 bits per heavy atom. The smallest absolute Gasteiger partial charge is 0.248 e. The Kier molecular flexibility index (Phi) is 3.88. The van der Waals surface area contributed by atoms with E-state index in [0.29, 0.717) is 5.56 Å². The zero-order valence-electron chi connectivity index (χ0n) is 11.8. The van der Waals surface area contributed by atoms with Crippen molar-refractivity contribution in [1.82, 2.24) is 5.32 Å². The van der Waals surface area contributed by atoms with E-state index >= 15 is 0 Å². The van der Waals surface area contributed by atoms with Crippen molar-refractivity contribution >= 4 is 15.7 Å². The fraction of sp³-hybridized carbons (Fsp3) is 0.500. The molecule has 3 N–H and O–H groups in total. The second-order valence-electron chi connectivity index (χ2n) is 5.65. The van der Waals surface area contributed by atoms with E-state index in [1.807, 2.05) is 0 Å². The number of piperidine rings is 1. The normalized spacial score (nSPS) is 18.7. The highest BCUT2D eigenvalue weighted by Gasteiger charge is 2.32. The molecule has 0 unspecified atom stereocenters. The Bertz CT molecular complexity index is 632. The first-order valence-corrected chi connectivity index (χ1v) is 8.48. The van der Waals surface area contributed by atoms with E-state index < -0.39 is 15.7 Å². The van der Waals surface area contributed by atoms with Gasteiger partial charge in [-0.25, -0.2) is 8.42 Å². The Morgan fingerprint density at radius 1 is 1.30 bits per heavy atom. The van der Waals surface area contributed by atoms with Gasteiger partial charge in [-0.3, -0.25) is 4.79 Å². The maximum atomic E-state index is 11.7. The predicted octanol–water partition coefficient (Wildman–Crippen LogP) is 0.830. The first-order chi connectivity index (χ1) is 9.24. The number of hydrogen-bond acceptors (Lipinski definition) is 4. The monoisotopic (exact) mass is 296 g/mol. The van der Waals surface area contributed by atoms with Gasteiger partial charge < -0.3 is 11.1 Å². The number of nitrogens with one attached hydrogen (secondary N) is 1. The van der Waals surface area contributed by atoms with Gasteiger partial charge in [0, 0.05) is 11.8 Å². The number of carbonyl (C=O) groups excluding carboxylic acids is 1. The summed E-state index contributed by atoms with van der Waals surface area (Å²) in [7, 11) is -3.30. The van der Waals surface area contributed by atoms with Gasteiger partial charge in [-0.05, 0) is 55.1 Å². The van der Waals surface area contributed by atoms with E-state index in [1.165, 1.54) is 18.4 Å². The van der Waals surface area contributed by atoms with Gasteiger partial charge in [0.05, 0.1) is 4.90 Å². The summed E-state index contributed by atoms with van der Waals surface area (Å²) in [6.45, 7) is 3.75. The van der Waals surface area contributed by atoms with E-state index in [4.69, 9.17) is 5.73 Å². The molecule has 1 amide bonds. The zero-order chi connectivity index (χ0) is 15.0. The fourth-order valence-electron chi connectivity index (χ4n) is 2.72. The number of carbonyl (C=O) groups is 1. The van der Waals surface area contributed by atoms with Crippen LogP contribution in [-0.4, -0.2) is 33.7 Å². The van der Waals surface area contributed by atoms with E-state index in [0.717, 1.165) is 31.5 Å². The topological polar surface area (TPSA) is 89.3 Å². The summed E-state index contributed by atoms with van der Waals surface area (Å²) in [5.41, 5.74) is 6.37. The Balaban J connectivity index is 2.61. The van der Waals surface area contributed by atoms with Crippen molar-refractivity contribution in [2.24, 2.45) is 5.73 Å². The third-order valence-electron chi connectivity index (χ3n) is 4.04. The number of primary amides is 1. The third kappa shape index (κ3) is 2.86. The maximum Gasteiger partial charge on any atom is 0.248 e. The molecule has 6 heteroatoms. The van der Waals surface area contributed by atoms with Crippen LogP contribution in [0.2, 0.25) is 0 Å². The number of benzene rings is 1. The van der Waals surface area contributed by atoms with Crippen LogP contribution in [0.5, 0.6) is 0 Å². The molecule has 5 nitrogen and oxygen atoms in total. The molecule has 1 aromatic rings. The first kappa shape index (κ1) is 15.0. The number of hydrogen-bond donors (Lipinski definition) is 2. The van der Waals surface area contributed by atoms with Gasteiger partial charge >= 0.3 is 0 Å². The van der Waals surface area contributed by atoms with Crippen LogP contribution in [0.25, 0.3) is 0 Å². The molecule has 0 aliphatic carbocycles. The minimum Gasteiger partial charge on any atom is -0.366 e. The molecule has 1 aliphatic rings. The quantitative estimate of drug-likeness (QED) is 0.864. The van der Waals surface area contributed by atoms with Crippen molar-refractivity contribution in [1.29, 1.82) is 0 Å². The van der Waals surface area contributed by atoms with Crippen LogP contribution in [0.4, 0.5) is 0 Å². The maximum absolute atomic E-state index is 11.7. The Morgan fingerprint density at radius 3 is 2.40 bits per heavy atom. The largest absolute Gasteiger partial charge is 0.366 e. The van der Waals surface area contributed by atoms with Crippen LogP contribution in [0.15, 0.2) is 23.1 Å². The van der Waals surface area contributed by atoms with Crippen LogP contribution in [0.3, 0.4) is 0 Å². The standard InChI is InChI=1S/C14H20N2O3S/c1-14(5-7-16-8-6-14)12-9-10(20(2,18)19)3-4-11(12)13(15)17/h3-4,9,16H,5-8H2,1-2H3,(H2,15,17). The molecule has 110 valence electrons. The summed E-state index contributed by atoms with van der Waals surface area (Å²) in [5.74, 6) is -0.514. The fourth-order valence-corrected chi connectivity index (χ4v) is 3.36. The summed E-state index contributed by atoms with van der Waals surface area (Å²) >= 11 is 0. The van der Waals surface area contributed by atoms with Gasteiger partial charge in [-0.1, -0.05) is 6.92 Å². The number of nitrogens with two attached hydrogens (primary N) is 1. The highest BCUT2D eigenvalue weighted by molar-refractivity contribution is 7.90. The van der Waals surface area contributed by atoms with Gasteiger partial charge in [0.15, 0.2) is 9.84 Å². The lowest BCUT2D eigenvalue weighted by Gasteiger charge is -2.36. The lowest BCUT2D eigenvalue weighted by Crippen LogP contribution is -2.39. The lowest BCUT2D eigenvalue weighted by molar-refractivity contribution is 0.0997. The summed E-state index contributed by atoms with van der Waals surface area (Å²) in [6.07, 6.45) is 2.86.